The van der Waals surface area contributed by atoms with E-state index in [-0.39, 0.29) is 16.2 Å². The van der Waals surface area contributed by atoms with Gasteiger partial charge in [-0.1, -0.05) is 178 Å². The molecule has 66 heavy (non-hydrogen) atoms. The molecule has 4 bridgehead atoms. The Balaban J connectivity index is 1.14. The molecule has 0 saturated heterocycles. The molecule has 13 rings (SSSR count). The summed E-state index contributed by atoms with van der Waals surface area (Å²) in [6.45, 7) is 21.2. The Morgan fingerprint density at radius 2 is 0.970 bits per heavy atom. The zero-order valence-electron chi connectivity index (χ0n) is 40.8. The Bertz CT molecular complexity index is 3030. The summed E-state index contributed by atoms with van der Waals surface area (Å²) in [6, 6.07) is 57.9. The molecule has 4 fully saturated rings. The Labute approximate surface area is 395 Å². The smallest absolute Gasteiger partial charge is 0.0543 e. The average molecular weight is 862 g/mol. The van der Waals surface area contributed by atoms with Crippen molar-refractivity contribution >= 4 is 17.1 Å². The number of fused-ring (bicyclic) bond motifs is 6. The lowest BCUT2D eigenvalue weighted by Gasteiger charge is -2.61. The standard InChI is InChI=1S/C65H67N/c1-39(2)43-18-20-44(21-19-43)51-26-22-45(40(3)4)35-57(51)56-27-23-46(63(5,6)7)36-62(56)66(49-24-28-54-52-14-10-12-16-58(52)64(8,9)60(54)37-49)50-25-29-55-53-15-11-13-17-59(53)65(61(55)38-50)47-31-41-30-42(33-47)34-48(65)32-41/h10-29,35-42,47-48H,30-34H2,1-9H3. The van der Waals surface area contributed by atoms with Gasteiger partial charge in [0.25, 0.3) is 0 Å². The summed E-state index contributed by atoms with van der Waals surface area (Å²) in [5.74, 6) is 4.06. The minimum Gasteiger partial charge on any atom is -0.310 e. The van der Waals surface area contributed by atoms with Crippen molar-refractivity contribution in [2.45, 2.75) is 122 Å². The molecule has 1 spiro atoms. The second kappa shape index (κ2) is 14.9. The van der Waals surface area contributed by atoms with Crippen molar-refractivity contribution in [1.29, 1.82) is 0 Å². The van der Waals surface area contributed by atoms with E-state index in [1.807, 2.05) is 0 Å². The van der Waals surface area contributed by atoms with Crippen LogP contribution in [0.3, 0.4) is 0 Å². The number of rotatable bonds is 7. The number of benzene rings is 7. The maximum absolute atomic E-state index is 2.70. The number of hydrogen-bond acceptors (Lipinski definition) is 1. The molecule has 7 aromatic rings. The van der Waals surface area contributed by atoms with Gasteiger partial charge in [-0.2, -0.15) is 0 Å². The highest BCUT2D eigenvalue weighted by Gasteiger charge is 2.61. The maximum Gasteiger partial charge on any atom is 0.0543 e. The van der Waals surface area contributed by atoms with Crippen LogP contribution in [0.15, 0.2) is 146 Å². The van der Waals surface area contributed by atoms with Crippen molar-refractivity contribution in [1.82, 2.24) is 0 Å². The van der Waals surface area contributed by atoms with Crippen LogP contribution in [0.5, 0.6) is 0 Å². The molecule has 0 aliphatic heterocycles. The fourth-order valence-corrected chi connectivity index (χ4v) is 14.4. The molecule has 0 heterocycles. The molecule has 4 saturated carbocycles. The summed E-state index contributed by atoms with van der Waals surface area (Å²) in [6.07, 6.45) is 6.96. The molecular weight excluding hydrogens is 795 g/mol. The first-order valence-electron chi connectivity index (χ1n) is 25.4. The van der Waals surface area contributed by atoms with Gasteiger partial charge >= 0.3 is 0 Å². The van der Waals surface area contributed by atoms with E-state index in [9.17, 15) is 0 Å². The van der Waals surface area contributed by atoms with Crippen LogP contribution in [0.4, 0.5) is 17.1 Å². The molecular formula is C65H67N. The number of anilines is 3. The highest BCUT2D eigenvalue weighted by atomic mass is 15.1. The fraction of sp³-hybridized carbons (Fsp3) is 0.354. The minimum absolute atomic E-state index is 0.0557. The van der Waals surface area contributed by atoms with Crippen molar-refractivity contribution in [2.75, 3.05) is 4.90 Å². The SMILES string of the molecule is CC(C)c1ccc(-c2ccc(C(C)C)cc2-c2ccc(C(C)(C)C)cc2N(c2ccc3c(c2)C(C)(C)c2ccccc2-3)c2ccc3c(c2)C2(c4ccccc4-3)C3CC4CC(C3)CC2C4)cc1. The fourth-order valence-electron chi connectivity index (χ4n) is 14.4. The van der Waals surface area contributed by atoms with E-state index >= 15 is 0 Å². The lowest BCUT2D eigenvalue weighted by Crippen LogP contribution is -2.55. The third kappa shape index (κ3) is 6.17. The molecule has 0 N–H and O–H groups in total. The van der Waals surface area contributed by atoms with Gasteiger partial charge in [0.15, 0.2) is 0 Å². The molecule has 6 aliphatic carbocycles. The van der Waals surface area contributed by atoms with Crippen LogP contribution < -0.4 is 4.90 Å². The van der Waals surface area contributed by atoms with E-state index in [4.69, 9.17) is 0 Å². The van der Waals surface area contributed by atoms with E-state index in [1.54, 1.807) is 11.1 Å². The van der Waals surface area contributed by atoms with Crippen molar-refractivity contribution in [3.05, 3.63) is 185 Å². The van der Waals surface area contributed by atoms with Gasteiger partial charge in [0.1, 0.15) is 0 Å². The number of hydrogen-bond donors (Lipinski definition) is 0. The highest BCUT2D eigenvalue weighted by Crippen LogP contribution is 2.70. The number of nitrogens with zero attached hydrogens (tertiary/aromatic N) is 1. The van der Waals surface area contributed by atoms with E-state index < -0.39 is 0 Å². The zero-order valence-corrected chi connectivity index (χ0v) is 40.8. The largest absolute Gasteiger partial charge is 0.310 e. The van der Waals surface area contributed by atoms with E-state index in [1.165, 1.54) is 121 Å². The Morgan fingerprint density at radius 1 is 0.455 bits per heavy atom. The van der Waals surface area contributed by atoms with E-state index in [0.29, 0.717) is 23.7 Å². The first-order valence-corrected chi connectivity index (χ1v) is 25.4. The van der Waals surface area contributed by atoms with Crippen LogP contribution in [0.1, 0.15) is 145 Å². The molecule has 0 aromatic heterocycles. The van der Waals surface area contributed by atoms with Crippen LogP contribution in [-0.4, -0.2) is 0 Å². The Morgan fingerprint density at radius 3 is 1.59 bits per heavy atom. The molecule has 7 aromatic carbocycles. The van der Waals surface area contributed by atoms with Crippen LogP contribution in [0, 0.1) is 23.7 Å². The van der Waals surface area contributed by atoms with Crippen LogP contribution in [-0.2, 0) is 16.2 Å². The van der Waals surface area contributed by atoms with Crippen LogP contribution >= 0.6 is 0 Å². The quantitative estimate of drug-likeness (QED) is 0.154. The van der Waals surface area contributed by atoms with Gasteiger partial charge in [-0.3, -0.25) is 0 Å². The van der Waals surface area contributed by atoms with E-state index in [0.717, 1.165) is 11.8 Å². The first kappa shape index (κ1) is 41.7. The molecule has 1 heteroatoms. The third-order valence-electron chi connectivity index (χ3n) is 17.6. The predicted molar refractivity (Wildman–Crippen MR) is 280 cm³/mol. The summed E-state index contributed by atoms with van der Waals surface area (Å²) in [5.41, 5.74) is 24.5. The van der Waals surface area contributed by atoms with Crippen molar-refractivity contribution in [3.63, 3.8) is 0 Å². The topological polar surface area (TPSA) is 3.24 Å². The van der Waals surface area contributed by atoms with Crippen LogP contribution in [0.25, 0.3) is 44.5 Å². The van der Waals surface area contributed by atoms with Gasteiger partial charge < -0.3 is 4.90 Å². The maximum atomic E-state index is 2.70. The summed E-state index contributed by atoms with van der Waals surface area (Å²) in [7, 11) is 0. The molecule has 0 radical (unpaired) electrons. The molecule has 0 atom stereocenters. The van der Waals surface area contributed by atoms with Crippen molar-refractivity contribution in [2.24, 2.45) is 23.7 Å². The van der Waals surface area contributed by atoms with Gasteiger partial charge in [0.05, 0.1) is 5.69 Å². The van der Waals surface area contributed by atoms with E-state index in [2.05, 4.69) is 213 Å². The van der Waals surface area contributed by atoms with Crippen molar-refractivity contribution in [3.8, 4) is 44.5 Å². The minimum atomic E-state index is -0.130. The monoisotopic (exact) mass is 862 g/mol. The van der Waals surface area contributed by atoms with Gasteiger partial charge in [-0.25, -0.2) is 0 Å². The first-order chi connectivity index (χ1) is 31.7. The lowest BCUT2D eigenvalue weighted by atomic mass is 9.43. The van der Waals surface area contributed by atoms with Crippen molar-refractivity contribution < 1.29 is 0 Å². The molecule has 332 valence electrons. The highest BCUT2D eigenvalue weighted by molar-refractivity contribution is 5.96. The van der Waals surface area contributed by atoms with Crippen LogP contribution in [0.2, 0.25) is 0 Å². The normalized spacial score (nSPS) is 22.8. The summed E-state index contributed by atoms with van der Waals surface area (Å²) < 4.78 is 0. The molecule has 1 nitrogen and oxygen atoms in total. The molecule has 0 unspecified atom stereocenters. The van der Waals surface area contributed by atoms with Gasteiger partial charge in [-0.15, -0.1) is 0 Å². The predicted octanol–water partition coefficient (Wildman–Crippen LogP) is 18.1. The van der Waals surface area contributed by atoms with Gasteiger partial charge in [0.2, 0.25) is 0 Å². The third-order valence-corrected chi connectivity index (χ3v) is 17.6. The second-order valence-corrected chi connectivity index (χ2v) is 23.4. The summed E-state index contributed by atoms with van der Waals surface area (Å²) in [4.78, 5) is 2.69. The molecule has 6 aliphatic rings. The second-order valence-electron chi connectivity index (χ2n) is 23.4. The summed E-state index contributed by atoms with van der Waals surface area (Å²) in [5, 5.41) is 0. The zero-order chi connectivity index (χ0) is 45.4. The average Bonchev–Trinajstić information content (AvgIpc) is 3.72. The summed E-state index contributed by atoms with van der Waals surface area (Å²) >= 11 is 0. The Kier molecular flexibility index (Phi) is 9.44. The van der Waals surface area contributed by atoms with Gasteiger partial charge in [0, 0.05) is 27.8 Å². The lowest BCUT2D eigenvalue weighted by molar-refractivity contribution is -0.0399. The Hall–Kier alpha value is -5.66. The van der Waals surface area contributed by atoms with Gasteiger partial charge in [-0.05, 0) is 181 Å². The molecule has 0 amide bonds.